The number of benzene rings is 2. The van der Waals surface area contributed by atoms with Crippen molar-refractivity contribution in [3.05, 3.63) is 71.8 Å². The average Bonchev–Trinajstić information content (AvgIpc) is 2.82. The molecule has 4 unspecified atom stereocenters. The zero-order valence-electron chi connectivity index (χ0n) is 18.2. The van der Waals surface area contributed by atoms with Crippen molar-refractivity contribution in [1.29, 1.82) is 0 Å². The van der Waals surface area contributed by atoms with Gasteiger partial charge in [-0.3, -0.25) is 4.79 Å². The fraction of sp³-hybridized carbons (Fsp3) is 0.417. The average molecular weight is 457 g/mol. The number of nitrogens with one attached hydrogen (secondary N) is 1. The second-order valence-electron chi connectivity index (χ2n) is 7.91. The van der Waals surface area contributed by atoms with Crippen LogP contribution in [0.25, 0.3) is 0 Å². The number of hydrogen-bond acceptors (Lipinski definition) is 7. The lowest BCUT2D eigenvalue weighted by atomic mass is 9.95. The highest BCUT2D eigenvalue weighted by molar-refractivity contribution is 5.73. The SMILES string of the molecule is CC(=O)NC1C(OCC(=O)O)[C@H]2OC(c3ccccc3)OCC2O[C@H]1OCc1ccccc1. The molecular formula is C24H27NO8. The standard InChI is InChI=1S/C24H27NO8/c1-15(26)25-20-22(29-14-19(27)28)21-18(13-31-23(33-21)17-10-6-3-7-11-17)32-24(20)30-12-16-8-4-2-5-9-16/h2-11,18,20-24H,12-14H2,1H3,(H,25,26)(H,27,28)/t18?,20?,21-,22?,23?,24+/m0/s1. The second-order valence-corrected chi connectivity index (χ2v) is 7.91. The first-order chi connectivity index (χ1) is 16.0. The van der Waals surface area contributed by atoms with Gasteiger partial charge in [0.2, 0.25) is 5.91 Å². The van der Waals surface area contributed by atoms with E-state index >= 15 is 0 Å². The lowest BCUT2D eigenvalue weighted by Crippen LogP contribution is -2.67. The highest BCUT2D eigenvalue weighted by Crippen LogP contribution is 2.35. The summed E-state index contributed by atoms with van der Waals surface area (Å²) in [6, 6.07) is 18.1. The zero-order chi connectivity index (χ0) is 23.2. The summed E-state index contributed by atoms with van der Waals surface area (Å²) in [6.45, 7) is 1.23. The molecule has 176 valence electrons. The van der Waals surface area contributed by atoms with E-state index in [0.717, 1.165) is 11.1 Å². The molecule has 9 heteroatoms. The summed E-state index contributed by atoms with van der Waals surface area (Å²) in [7, 11) is 0. The fourth-order valence-corrected chi connectivity index (χ4v) is 4.00. The third-order valence-electron chi connectivity index (χ3n) is 5.44. The highest BCUT2D eigenvalue weighted by atomic mass is 16.8. The van der Waals surface area contributed by atoms with Crippen LogP contribution in [0.4, 0.5) is 0 Å². The molecule has 4 rings (SSSR count). The van der Waals surface area contributed by atoms with E-state index < -0.39 is 49.5 Å². The van der Waals surface area contributed by atoms with Gasteiger partial charge in [-0.15, -0.1) is 0 Å². The van der Waals surface area contributed by atoms with Crippen LogP contribution in [-0.2, 0) is 39.9 Å². The predicted octanol–water partition coefficient (Wildman–Crippen LogP) is 2.02. The molecule has 0 radical (unpaired) electrons. The summed E-state index contributed by atoms with van der Waals surface area (Å²) in [5.41, 5.74) is 1.74. The van der Waals surface area contributed by atoms with Crippen molar-refractivity contribution in [2.24, 2.45) is 0 Å². The molecule has 6 atom stereocenters. The van der Waals surface area contributed by atoms with Crippen LogP contribution in [0.15, 0.2) is 60.7 Å². The quantitative estimate of drug-likeness (QED) is 0.619. The number of hydrogen-bond donors (Lipinski definition) is 2. The molecule has 0 aromatic heterocycles. The number of amides is 1. The Hall–Kier alpha value is -2.82. The number of aliphatic carboxylic acids is 1. The normalized spacial score (nSPS) is 29.1. The van der Waals surface area contributed by atoms with E-state index in [1.807, 2.05) is 60.7 Å². The maximum absolute atomic E-state index is 12.0. The number of carbonyl (C=O) groups excluding carboxylic acids is 1. The molecule has 1 amide bonds. The van der Waals surface area contributed by atoms with E-state index in [1.165, 1.54) is 6.92 Å². The molecule has 2 N–H and O–H groups in total. The third kappa shape index (κ3) is 5.95. The molecule has 2 fully saturated rings. The van der Waals surface area contributed by atoms with Crippen molar-refractivity contribution in [1.82, 2.24) is 5.32 Å². The smallest absolute Gasteiger partial charge is 0.329 e. The topological polar surface area (TPSA) is 113 Å². The number of ether oxygens (including phenoxy) is 5. The van der Waals surface area contributed by atoms with Crippen molar-refractivity contribution in [2.45, 2.75) is 50.5 Å². The molecule has 33 heavy (non-hydrogen) atoms. The summed E-state index contributed by atoms with van der Waals surface area (Å²) >= 11 is 0. The van der Waals surface area contributed by atoms with Gasteiger partial charge in [0, 0.05) is 12.5 Å². The van der Waals surface area contributed by atoms with E-state index in [0.29, 0.717) is 0 Å². The second kappa shape index (κ2) is 10.9. The van der Waals surface area contributed by atoms with Crippen LogP contribution >= 0.6 is 0 Å². The maximum atomic E-state index is 12.0. The summed E-state index contributed by atoms with van der Waals surface area (Å²) in [4.78, 5) is 23.3. The van der Waals surface area contributed by atoms with Crippen LogP contribution in [0.5, 0.6) is 0 Å². The molecule has 2 aromatic carbocycles. The molecule has 0 bridgehead atoms. The molecule has 0 spiro atoms. The predicted molar refractivity (Wildman–Crippen MR) is 115 cm³/mol. The van der Waals surface area contributed by atoms with Crippen molar-refractivity contribution >= 4 is 11.9 Å². The van der Waals surface area contributed by atoms with Crippen LogP contribution in [0.3, 0.4) is 0 Å². The Bertz CT molecular complexity index is 925. The molecule has 9 nitrogen and oxygen atoms in total. The van der Waals surface area contributed by atoms with Crippen LogP contribution in [0, 0.1) is 0 Å². The minimum absolute atomic E-state index is 0.190. The number of rotatable bonds is 8. The van der Waals surface area contributed by atoms with Gasteiger partial charge in [0.15, 0.2) is 12.6 Å². The Labute approximate surface area is 191 Å². The minimum Gasteiger partial charge on any atom is -0.480 e. The van der Waals surface area contributed by atoms with Gasteiger partial charge in [0.1, 0.15) is 31.0 Å². The van der Waals surface area contributed by atoms with Gasteiger partial charge in [-0.1, -0.05) is 60.7 Å². The Morgan fingerprint density at radius 2 is 1.73 bits per heavy atom. The molecule has 2 saturated heterocycles. The lowest BCUT2D eigenvalue weighted by Gasteiger charge is -2.49. The van der Waals surface area contributed by atoms with E-state index in [4.69, 9.17) is 23.7 Å². The number of fused-ring (bicyclic) bond motifs is 1. The van der Waals surface area contributed by atoms with Gasteiger partial charge in [-0.05, 0) is 5.56 Å². The zero-order valence-corrected chi connectivity index (χ0v) is 18.2. The first kappa shape index (κ1) is 23.3. The van der Waals surface area contributed by atoms with Gasteiger partial charge in [0.05, 0.1) is 13.2 Å². The fourth-order valence-electron chi connectivity index (χ4n) is 4.00. The maximum Gasteiger partial charge on any atom is 0.329 e. The lowest BCUT2D eigenvalue weighted by molar-refractivity contribution is -0.349. The van der Waals surface area contributed by atoms with Crippen molar-refractivity contribution in [2.75, 3.05) is 13.2 Å². The van der Waals surface area contributed by atoms with Crippen LogP contribution in [0.1, 0.15) is 24.3 Å². The van der Waals surface area contributed by atoms with E-state index in [-0.39, 0.29) is 19.1 Å². The van der Waals surface area contributed by atoms with Crippen LogP contribution < -0.4 is 5.32 Å². The molecule has 0 saturated carbocycles. The van der Waals surface area contributed by atoms with Crippen molar-refractivity contribution in [3.8, 4) is 0 Å². The Balaban J connectivity index is 1.56. The minimum atomic E-state index is -1.13. The Morgan fingerprint density at radius 1 is 1.03 bits per heavy atom. The van der Waals surface area contributed by atoms with E-state index in [9.17, 15) is 14.7 Å². The molecule has 2 aromatic rings. The van der Waals surface area contributed by atoms with E-state index in [2.05, 4.69) is 5.32 Å². The molecular weight excluding hydrogens is 430 g/mol. The highest BCUT2D eigenvalue weighted by Gasteiger charge is 2.51. The Kier molecular flexibility index (Phi) is 7.69. The number of carbonyl (C=O) groups is 2. The van der Waals surface area contributed by atoms with Gasteiger partial charge < -0.3 is 34.1 Å². The number of carboxylic acids is 1. The van der Waals surface area contributed by atoms with Gasteiger partial charge in [-0.2, -0.15) is 0 Å². The summed E-state index contributed by atoms with van der Waals surface area (Å²) in [5.74, 6) is -1.46. The van der Waals surface area contributed by atoms with Crippen LogP contribution in [-0.4, -0.2) is 60.8 Å². The van der Waals surface area contributed by atoms with Gasteiger partial charge in [-0.25, -0.2) is 4.79 Å². The monoisotopic (exact) mass is 457 g/mol. The van der Waals surface area contributed by atoms with Gasteiger partial charge in [0.25, 0.3) is 0 Å². The largest absolute Gasteiger partial charge is 0.480 e. The van der Waals surface area contributed by atoms with Crippen molar-refractivity contribution in [3.63, 3.8) is 0 Å². The Morgan fingerprint density at radius 3 is 2.39 bits per heavy atom. The first-order valence-corrected chi connectivity index (χ1v) is 10.7. The summed E-state index contributed by atoms with van der Waals surface area (Å²) in [5, 5.41) is 12.0. The van der Waals surface area contributed by atoms with Crippen molar-refractivity contribution < 1.29 is 38.4 Å². The summed E-state index contributed by atoms with van der Waals surface area (Å²) < 4.78 is 29.9. The molecule has 2 heterocycles. The molecule has 2 aliphatic heterocycles. The number of carboxylic acid groups (broad SMARTS) is 1. The molecule has 0 aliphatic carbocycles. The third-order valence-corrected chi connectivity index (χ3v) is 5.44. The van der Waals surface area contributed by atoms with E-state index in [1.54, 1.807) is 0 Å². The first-order valence-electron chi connectivity index (χ1n) is 10.7. The van der Waals surface area contributed by atoms with Crippen LogP contribution in [0.2, 0.25) is 0 Å². The summed E-state index contributed by atoms with van der Waals surface area (Å²) in [6.07, 6.45) is -3.66. The molecule has 2 aliphatic rings. The van der Waals surface area contributed by atoms with Gasteiger partial charge >= 0.3 is 5.97 Å².